The maximum absolute atomic E-state index is 4.94. The van der Waals surface area contributed by atoms with Crippen molar-refractivity contribution >= 4 is 31.9 Å². The van der Waals surface area contributed by atoms with Gasteiger partial charge in [-0.3, -0.25) is 0 Å². The highest BCUT2D eigenvalue weighted by molar-refractivity contribution is 9.09. The van der Waals surface area contributed by atoms with E-state index in [0.29, 0.717) is 0 Å². The molecule has 0 heterocycles. The fourth-order valence-electron chi connectivity index (χ4n) is 0.276. The first kappa shape index (κ1) is 14.4. The van der Waals surface area contributed by atoms with Gasteiger partial charge < -0.3 is 9.47 Å². The van der Waals surface area contributed by atoms with Gasteiger partial charge in [-0.2, -0.15) is 0 Å². The molecule has 0 aliphatic carbocycles. The smallest absolute Gasteiger partial charge is 0.0562 e. The molecular formula is C7H16Br2O2. The second kappa shape index (κ2) is 17.1. The minimum absolute atomic E-state index is 0.806. The third-order valence-corrected chi connectivity index (χ3v) is 1.35. The second-order valence-electron chi connectivity index (χ2n) is 1.57. The molecule has 0 aliphatic rings. The lowest BCUT2D eigenvalue weighted by atomic mass is 10.8. The van der Waals surface area contributed by atoms with Gasteiger partial charge in [-0.25, -0.2) is 0 Å². The molecule has 0 amide bonds. The van der Waals surface area contributed by atoms with Gasteiger partial charge in [-0.15, -0.1) is 0 Å². The van der Waals surface area contributed by atoms with Crippen LogP contribution >= 0.6 is 31.9 Å². The maximum Gasteiger partial charge on any atom is 0.0562 e. The van der Waals surface area contributed by atoms with Crippen LogP contribution in [0.5, 0.6) is 0 Å². The van der Waals surface area contributed by atoms with Crippen molar-refractivity contribution in [1.82, 2.24) is 0 Å². The highest BCUT2D eigenvalue weighted by Gasteiger charge is 1.74. The predicted molar refractivity (Wildman–Crippen MR) is 56.0 cm³/mol. The molecular weight excluding hydrogens is 276 g/mol. The summed E-state index contributed by atoms with van der Waals surface area (Å²) < 4.78 is 9.58. The summed E-state index contributed by atoms with van der Waals surface area (Å²) in [6, 6.07) is 0. The van der Waals surface area contributed by atoms with Gasteiger partial charge in [0.2, 0.25) is 0 Å². The highest BCUT2D eigenvalue weighted by Crippen LogP contribution is 1.78. The first-order valence-electron chi connectivity index (χ1n) is 3.52. The first-order valence-corrected chi connectivity index (χ1v) is 5.76. The summed E-state index contributed by atoms with van der Waals surface area (Å²) in [4.78, 5) is 0. The van der Waals surface area contributed by atoms with Gasteiger partial charge in [0.15, 0.2) is 0 Å². The largest absolute Gasteiger partial charge is 0.384 e. The molecule has 0 unspecified atom stereocenters. The van der Waals surface area contributed by atoms with E-state index in [0.717, 1.165) is 30.5 Å². The molecule has 0 spiro atoms. The Morgan fingerprint density at radius 3 is 1.73 bits per heavy atom. The first-order chi connectivity index (χ1) is 5.33. The Morgan fingerprint density at radius 2 is 1.64 bits per heavy atom. The van der Waals surface area contributed by atoms with Crippen molar-refractivity contribution in [2.24, 2.45) is 0 Å². The molecule has 0 aromatic heterocycles. The summed E-state index contributed by atoms with van der Waals surface area (Å²) in [5.41, 5.74) is 0. The van der Waals surface area contributed by atoms with Crippen molar-refractivity contribution in [3.05, 3.63) is 0 Å². The monoisotopic (exact) mass is 290 g/mol. The minimum Gasteiger partial charge on any atom is -0.384 e. The number of alkyl halides is 2. The molecule has 4 heteroatoms. The predicted octanol–water partition coefficient (Wildman–Crippen LogP) is 2.45. The maximum atomic E-state index is 4.94. The lowest BCUT2D eigenvalue weighted by Gasteiger charge is -1.90. The van der Waals surface area contributed by atoms with Crippen LogP contribution in [0.1, 0.15) is 6.92 Å². The van der Waals surface area contributed by atoms with Gasteiger partial charge in [0, 0.05) is 24.4 Å². The molecule has 0 saturated heterocycles. The standard InChI is InChI=1S/C4H9BrO.C3H7BrO/c1-2-6-4-3-5;1-5-3-2-4/h2-4H2,1H3;2-3H2,1H3. The minimum atomic E-state index is 0.806. The zero-order chi connectivity index (χ0) is 8.95. The van der Waals surface area contributed by atoms with Crippen LogP contribution in [0.3, 0.4) is 0 Å². The number of hydrogen-bond acceptors (Lipinski definition) is 2. The summed E-state index contributed by atoms with van der Waals surface area (Å²) in [5.74, 6) is 0. The molecule has 0 fully saturated rings. The summed E-state index contributed by atoms with van der Waals surface area (Å²) >= 11 is 6.41. The molecule has 0 aliphatic heterocycles. The van der Waals surface area contributed by atoms with Gasteiger partial charge in [0.25, 0.3) is 0 Å². The van der Waals surface area contributed by atoms with Crippen LogP contribution in [0, 0.1) is 0 Å². The van der Waals surface area contributed by atoms with Crippen molar-refractivity contribution in [3.8, 4) is 0 Å². The van der Waals surface area contributed by atoms with Crippen LogP contribution in [0.25, 0.3) is 0 Å². The Hall–Kier alpha value is 0.880. The van der Waals surface area contributed by atoms with Gasteiger partial charge in [-0.05, 0) is 6.92 Å². The number of rotatable bonds is 5. The molecule has 0 rings (SSSR count). The van der Waals surface area contributed by atoms with E-state index in [2.05, 4.69) is 36.6 Å². The van der Waals surface area contributed by atoms with E-state index in [4.69, 9.17) is 4.74 Å². The lowest BCUT2D eigenvalue weighted by Crippen LogP contribution is -1.91. The zero-order valence-corrected chi connectivity index (χ0v) is 10.3. The van der Waals surface area contributed by atoms with Gasteiger partial charge in [-0.1, -0.05) is 31.9 Å². The molecule has 2 nitrogen and oxygen atoms in total. The zero-order valence-electron chi connectivity index (χ0n) is 7.11. The van der Waals surface area contributed by atoms with Crippen LogP contribution in [0.4, 0.5) is 0 Å². The number of hydrogen-bond donors (Lipinski definition) is 0. The van der Waals surface area contributed by atoms with E-state index < -0.39 is 0 Å². The molecule has 0 atom stereocenters. The Balaban J connectivity index is 0. The third kappa shape index (κ3) is 24.8. The van der Waals surface area contributed by atoms with E-state index >= 15 is 0 Å². The van der Waals surface area contributed by atoms with Crippen molar-refractivity contribution in [3.63, 3.8) is 0 Å². The van der Waals surface area contributed by atoms with Gasteiger partial charge >= 0.3 is 0 Å². The lowest BCUT2D eigenvalue weighted by molar-refractivity contribution is 0.165. The van der Waals surface area contributed by atoms with Crippen LogP contribution in [-0.2, 0) is 9.47 Å². The molecule has 0 bridgehead atoms. The number of methoxy groups -OCH3 is 1. The van der Waals surface area contributed by atoms with E-state index in [9.17, 15) is 0 Å². The fourth-order valence-corrected chi connectivity index (χ4v) is 0.829. The van der Waals surface area contributed by atoms with E-state index in [1.165, 1.54) is 0 Å². The van der Waals surface area contributed by atoms with E-state index in [-0.39, 0.29) is 0 Å². The van der Waals surface area contributed by atoms with E-state index in [1.54, 1.807) is 7.11 Å². The average Bonchev–Trinajstić information content (AvgIpc) is 2.04. The van der Waals surface area contributed by atoms with Crippen LogP contribution in [0.15, 0.2) is 0 Å². The second-order valence-corrected chi connectivity index (χ2v) is 3.15. The van der Waals surface area contributed by atoms with Crippen molar-refractivity contribution in [1.29, 1.82) is 0 Å². The summed E-state index contributed by atoms with van der Waals surface area (Å²) in [7, 11) is 1.68. The Labute approximate surface area is 85.9 Å². The molecule has 0 saturated carbocycles. The van der Waals surface area contributed by atoms with Gasteiger partial charge in [0.05, 0.1) is 13.2 Å². The average molecular weight is 292 g/mol. The van der Waals surface area contributed by atoms with Crippen LogP contribution < -0.4 is 0 Å². The van der Waals surface area contributed by atoms with Gasteiger partial charge in [0.1, 0.15) is 0 Å². The molecule has 0 aromatic carbocycles. The number of ether oxygens (including phenoxy) is 2. The Bertz CT molecular complexity index is 47.7. The number of halogens is 2. The third-order valence-electron chi connectivity index (χ3n) is 0.707. The fraction of sp³-hybridized carbons (Fsp3) is 1.00. The van der Waals surface area contributed by atoms with Crippen molar-refractivity contribution < 1.29 is 9.47 Å². The van der Waals surface area contributed by atoms with Crippen LogP contribution in [-0.4, -0.2) is 37.6 Å². The summed E-state index contributed by atoms with van der Waals surface area (Å²) in [5, 5.41) is 1.88. The van der Waals surface area contributed by atoms with E-state index in [1.807, 2.05) is 6.92 Å². The van der Waals surface area contributed by atoms with Crippen LogP contribution in [0.2, 0.25) is 0 Å². The Kier molecular flexibility index (Phi) is 22.4. The van der Waals surface area contributed by atoms with Crippen molar-refractivity contribution in [2.75, 3.05) is 37.6 Å². The molecule has 0 N–H and O–H groups in total. The molecule has 0 radical (unpaired) electrons. The molecule has 0 aromatic rings. The van der Waals surface area contributed by atoms with Crippen molar-refractivity contribution in [2.45, 2.75) is 6.92 Å². The molecule has 11 heavy (non-hydrogen) atoms. The summed E-state index contributed by atoms with van der Waals surface area (Å²) in [6.45, 7) is 4.45. The Morgan fingerprint density at radius 1 is 1.09 bits per heavy atom. The summed E-state index contributed by atoms with van der Waals surface area (Å²) in [6.07, 6.45) is 0. The normalized spacial score (nSPS) is 8.73. The highest BCUT2D eigenvalue weighted by atomic mass is 79.9. The quantitative estimate of drug-likeness (QED) is 0.572. The SMILES string of the molecule is CCOCCBr.COCCBr. The topological polar surface area (TPSA) is 18.5 Å². The molecule has 70 valence electrons.